The molecule has 2 saturated heterocycles. The highest BCUT2D eigenvalue weighted by atomic mass is 32.2. The molecule has 9 heteroatoms. The number of hydrogen-bond acceptors (Lipinski definition) is 5. The summed E-state index contributed by atoms with van der Waals surface area (Å²) in [5, 5.41) is 1.92. The van der Waals surface area contributed by atoms with E-state index in [0.29, 0.717) is 19.5 Å². The standard InChI is InChI=1S/C20H26N4O3S2/c1-22-18(14-17(21-29(22,26)27)19-8-5-13-28-19)20(25)24-11-9-23(10-12-24)15-16-6-3-2-4-7-16/h2-8,13,17-18,21H,9-12,14-15H2,1H3. The lowest BCUT2D eigenvalue weighted by Gasteiger charge is -2.41. The lowest BCUT2D eigenvalue weighted by molar-refractivity contribution is -0.137. The van der Waals surface area contributed by atoms with Gasteiger partial charge in [0.25, 0.3) is 10.2 Å². The SMILES string of the molecule is CN1C(C(=O)N2CCN(Cc3ccccc3)CC2)CC(c2cccs2)NS1(=O)=O. The Hall–Kier alpha value is -1.78. The van der Waals surface area contributed by atoms with Gasteiger partial charge in [0, 0.05) is 44.6 Å². The third kappa shape index (κ3) is 4.54. The minimum atomic E-state index is -3.69. The molecule has 2 aromatic rings. The van der Waals surface area contributed by atoms with Crippen molar-refractivity contribution in [3.05, 3.63) is 58.3 Å². The third-order valence-electron chi connectivity index (χ3n) is 5.67. The number of carbonyl (C=O) groups excluding carboxylic acids is 1. The molecule has 1 aromatic heterocycles. The molecular formula is C20H26N4O3S2. The fourth-order valence-corrected chi connectivity index (χ4v) is 6.07. The van der Waals surface area contributed by atoms with Crippen LogP contribution in [0.5, 0.6) is 0 Å². The Bertz CT molecular complexity index is 926. The lowest BCUT2D eigenvalue weighted by atomic mass is 10.0. The van der Waals surface area contributed by atoms with Gasteiger partial charge in [0.2, 0.25) is 5.91 Å². The van der Waals surface area contributed by atoms with E-state index in [1.165, 1.54) is 28.3 Å². The first-order valence-electron chi connectivity index (χ1n) is 9.78. The molecule has 0 bridgehead atoms. The smallest absolute Gasteiger partial charge is 0.280 e. The predicted octanol–water partition coefficient (Wildman–Crippen LogP) is 1.67. The molecule has 0 radical (unpaired) electrons. The highest BCUT2D eigenvalue weighted by Gasteiger charge is 2.42. The molecule has 1 aromatic carbocycles. The first-order valence-corrected chi connectivity index (χ1v) is 12.1. The number of likely N-dealkylation sites (N-methyl/N-ethyl adjacent to an activating group) is 1. The van der Waals surface area contributed by atoms with Gasteiger partial charge in [0.1, 0.15) is 6.04 Å². The molecule has 1 N–H and O–H groups in total. The number of hydrogen-bond donors (Lipinski definition) is 1. The second-order valence-corrected chi connectivity index (χ2v) is 10.3. The maximum Gasteiger partial charge on any atom is 0.280 e. The van der Waals surface area contributed by atoms with Crippen molar-refractivity contribution in [1.29, 1.82) is 0 Å². The van der Waals surface area contributed by atoms with E-state index in [1.807, 2.05) is 40.6 Å². The zero-order chi connectivity index (χ0) is 20.4. The fraction of sp³-hybridized carbons (Fsp3) is 0.450. The zero-order valence-corrected chi connectivity index (χ0v) is 18.0. The van der Waals surface area contributed by atoms with E-state index in [1.54, 1.807) is 0 Å². The Morgan fingerprint density at radius 1 is 1.10 bits per heavy atom. The second kappa shape index (κ2) is 8.53. The van der Waals surface area contributed by atoms with E-state index in [0.717, 1.165) is 24.5 Å². The van der Waals surface area contributed by atoms with Crippen molar-refractivity contribution in [2.24, 2.45) is 0 Å². The number of thiophene rings is 1. The van der Waals surface area contributed by atoms with Crippen molar-refractivity contribution < 1.29 is 13.2 Å². The van der Waals surface area contributed by atoms with Gasteiger partial charge in [-0.3, -0.25) is 9.69 Å². The van der Waals surface area contributed by atoms with Crippen LogP contribution in [0.1, 0.15) is 22.9 Å². The van der Waals surface area contributed by atoms with Crippen LogP contribution in [-0.4, -0.2) is 67.7 Å². The first kappa shape index (κ1) is 20.5. The summed E-state index contributed by atoms with van der Waals surface area (Å²) in [5.41, 5.74) is 1.26. The van der Waals surface area contributed by atoms with Gasteiger partial charge in [0.15, 0.2) is 0 Å². The van der Waals surface area contributed by atoms with Crippen LogP contribution in [0, 0.1) is 0 Å². The van der Waals surface area contributed by atoms with E-state index >= 15 is 0 Å². The van der Waals surface area contributed by atoms with Crippen LogP contribution < -0.4 is 4.72 Å². The lowest BCUT2D eigenvalue weighted by Crippen LogP contribution is -2.60. The van der Waals surface area contributed by atoms with E-state index in [4.69, 9.17) is 0 Å². The van der Waals surface area contributed by atoms with Gasteiger partial charge in [0.05, 0.1) is 6.04 Å². The Morgan fingerprint density at radius 2 is 1.83 bits per heavy atom. The predicted molar refractivity (Wildman–Crippen MR) is 114 cm³/mol. The molecule has 0 saturated carbocycles. The van der Waals surface area contributed by atoms with Crippen LogP contribution in [0.3, 0.4) is 0 Å². The van der Waals surface area contributed by atoms with E-state index in [9.17, 15) is 13.2 Å². The molecule has 156 valence electrons. The van der Waals surface area contributed by atoms with E-state index in [2.05, 4.69) is 21.8 Å². The van der Waals surface area contributed by atoms with Gasteiger partial charge in [-0.2, -0.15) is 17.4 Å². The summed E-state index contributed by atoms with van der Waals surface area (Å²) in [7, 11) is -2.20. The van der Waals surface area contributed by atoms with E-state index < -0.39 is 16.3 Å². The van der Waals surface area contributed by atoms with Crippen molar-refractivity contribution in [2.45, 2.75) is 25.0 Å². The quantitative estimate of drug-likeness (QED) is 0.795. The van der Waals surface area contributed by atoms with Crippen molar-refractivity contribution in [3.63, 3.8) is 0 Å². The van der Waals surface area contributed by atoms with Crippen LogP contribution in [0.2, 0.25) is 0 Å². The summed E-state index contributed by atoms with van der Waals surface area (Å²) in [6.07, 6.45) is 0.444. The molecule has 2 aliphatic rings. The maximum absolute atomic E-state index is 13.2. The van der Waals surface area contributed by atoms with Crippen LogP contribution in [-0.2, 0) is 21.5 Å². The van der Waals surface area contributed by atoms with Crippen molar-refractivity contribution in [1.82, 2.24) is 18.8 Å². The van der Waals surface area contributed by atoms with Crippen LogP contribution >= 0.6 is 11.3 Å². The van der Waals surface area contributed by atoms with Crippen LogP contribution in [0.4, 0.5) is 0 Å². The monoisotopic (exact) mass is 434 g/mol. The van der Waals surface area contributed by atoms with Crippen molar-refractivity contribution in [2.75, 3.05) is 33.2 Å². The molecule has 3 heterocycles. The number of rotatable bonds is 4. The van der Waals surface area contributed by atoms with Crippen molar-refractivity contribution in [3.8, 4) is 0 Å². The van der Waals surface area contributed by atoms with Crippen LogP contribution in [0.25, 0.3) is 0 Å². The first-order chi connectivity index (χ1) is 13.9. The van der Waals surface area contributed by atoms with Crippen molar-refractivity contribution >= 4 is 27.5 Å². The second-order valence-electron chi connectivity index (χ2n) is 7.55. The molecule has 1 amide bonds. The molecule has 0 spiro atoms. The highest BCUT2D eigenvalue weighted by Crippen LogP contribution is 2.31. The number of amides is 1. The average molecular weight is 435 g/mol. The van der Waals surface area contributed by atoms with Gasteiger partial charge in [-0.05, 0) is 23.4 Å². The third-order valence-corrected chi connectivity index (χ3v) is 8.25. The normalized spacial score (nSPS) is 25.8. The minimum absolute atomic E-state index is 0.0986. The molecule has 0 aliphatic carbocycles. The fourth-order valence-electron chi connectivity index (χ4n) is 3.95. The molecule has 2 atom stereocenters. The molecule has 2 aliphatic heterocycles. The van der Waals surface area contributed by atoms with Gasteiger partial charge >= 0.3 is 0 Å². The topological polar surface area (TPSA) is 73.0 Å². The number of carbonyl (C=O) groups is 1. The summed E-state index contributed by atoms with van der Waals surface area (Å²) in [4.78, 5) is 18.3. The molecular weight excluding hydrogens is 408 g/mol. The Labute approximate surface area is 176 Å². The van der Waals surface area contributed by atoms with Gasteiger partial charge in [-0.15, -0.1) is 11.3 Å². The van der Waals surface area contributed by atoms with E-state index in [-0.39, 0.29) is 11.9 Å². The summed E-state index contributed by atoms with van der Waals surface area (Å²) < 4.78 is 29.0. The number of benzene rings is 1. The minimum Gasteiger partial charge on any atom is -0.339 e. The summed E-state index contributed by atoms with van der Waals surface area (Å²) >= 11 is 1.50. The Kier molecular flexibility index (Phi) is 6.03. The number of nitrogens with zero attached hydrogens (tertiary/aromatic N) is 3. The summed E-state index contributed by atoms with van der Waals surface area (Å²) in [6.45, 7) is 3.68. The largest absolute Gasteiger partial charge is 0.339 e. The summed E-state index contributed by atoms with van der Waals surface area (Å²) in [6, 6.07) is 13.1. The number of piperazine rings is 1. The van der Waals surface area contributed by atoms with Crippen LogP contribution in [0.15, 0.2) is 47.8 Å². The van der Waals surface area contributed by atoms with Gasteiger partial charge in [-0.1, -0.05) is 36.4 Å². The molecule has 4 rings (SSSR count). The Morgan fingerprint density at radius 3 is 2.48 bits per heavy atom. The number of nitrogens with one attached hydrogen (secondary N) is 1. The molecule has 2 unspecified atom stereocenters. The molecule has 29 heavy (non-hydrogen) atoms. The average Bonchev–Trinajstić information content (AvgIpc) is 3.26. The van der Waals surface area contributed by atoms with Gasteiger partial charge < -0.3 is 4.90 Å². The molecule has 7 nitrogen and oxygen atoms in total. The molecule has 2 fully saturated rings. The summed E-state index contributed by atoms with van der Waals surface area (Å²) in [5.74, 6) is -0.0986. The maximum atomic E-state index is 13.2. The highest BCUT2D eigenvalue weighted by molar-refractivity contribution is 7.87. The Balaban J connectivity index is 1.40. The van der Waals surface area contributed by atoms with Gasteiger partial charge in [-0.25, -0.2) is 0 Å². The zero-order valence-electron chi connectivity index (χ0n) is 16.4.